The Labute approximate surface area is 266 Å². The number of aliphatic hydroxyl groups excluding tert-OH is 1. The van der Waals surface area contributed by atoms with Crippen LogP contribution in [0, 0.1) is 0 Å². The highest BCUT2D eigenvalue weighted by Gasteiger charge is 2.55. The van der Waals surface area contributed by atoms with Gasteiger partial charge in [-0.05, 0) is 6.92 Å². The van der Waals surface area contributed by atoms with E-state index in [9.17, 15) is 19.0 Å². The van der Waals surface area contributed by atoms with E-state index in [4.69, 9.17) is 39.0 Å². The van der Waals surface area contributed by atoms with Crippen molar-refractivity contribution in [2.75, 3.05) is 18.1 Å². The highest BCUT2D eigenvalue weighted by atomic mass is 32.7. The quantitative estimate of drug-likeness (QED) is 0.124. The topological polar surface area (TPSA) is 269 Å². The van der Waals surface area contributed by atoms with Gasteiger partial charge in [-0.25, -0.2) is 33.5 Å². The number of nitrogen functional groups attached to an aromatic ring is 2. The molecule has 6 N–H and O–H groups in total. The number of hydrogen-bond acceptors (Lipinski definition) is 17. The van der Waals surface area contributed by atoms with E-state index in [0.29, 0.717) is 0 Å². The fraction of sp³-hybridized carbons (Fsp3) is 0.524. The molecular weight excluding hydrogens is 697 g/mol. The first kappa shape index (κ1) is 31.9. The van der Waals surface area contributed by atoms with Crippen molar-refractivity contribution in [3.8, 4) is 0 Å². The number of nitrogens with zero attached hydrogens (tertiary/aromatic N) is 7. The van der Waals surface area contributed by atoms with Crippen molar-refractivity contribution in [1.82, 2.24) is 39.0 Å². The zero-order valence-electron chi connectivity index (χ0n) is 23.2. The predicted molar refractivity (Wildman–Crippen MR) is 160 cm³/mol. The third-order valence-corrected chi connectivity index (χ3v) is 10.9. The summed E-state index contributed by atoms with van der Waals surface area (Å²) in [5, 5.41) is 11.3. The van der Waals surface area contributed by atoms with Crippen LogP contribution in [-0.2, 0) is 36.7 Å². The molecule has 46 heavy (non-hydrogen) atoms. The van der Waals surface area contributed by atoms with Gasteiger partial charge >= 0.3 is 13.6 Å². The van der Waals surface area contributed by atoms with Gasteiger partial charge in [-0.2, -0.15) is 4.98 Å². The van der Waals surface area contributed by atoms with Gasteiger partial charge in [0, 0.05) is 0 Å². The Bertz CT molecular complexity index is 1980. The second-order valence-electron chi connectivity index (χ2n) is 10.5. The summed E-state index contributed by atoms with van der Waals surface area (Å²) in [5.74, 6) is -0.182. The molecule has 3 aliphatic rings. The summed E-state index contributed by atoms with van der Waals surface area (Å²) in [6.07, 6.45) is -9.98. The van der Waals surface area contributed by atoms with Crippen LogP contribution in [0.2, 0.25) is 0 Å². The van der Waals surface area contributed by atoms with Gasteiger partial charge in [-0.3, -0.25) is 37.0 Å². The Kier molecular flexibility index (Phi) is 7.96. The SMILES string of the molecule is C[C@@H]1O[P@@](=O)(S)O[C@H]2[C@@H](F)[C@H](n3cnc4c(=O)[nH]c(N)nc43)O[C@@H]2CO[P@@](=O)(S)O[C@H]2[C@@H](O)[C@H](n3cnc4c(N)ncnc43)O[C@@H]21. The van der Waals surface area contributed by atoms with Crippen molar-refractivity contribution < 1.29 is 46.2 Å². The van der Waals surface area contributed by atoms with Crippen LogP contribution in [-0.4, -0.2) is 93.5 Å². The third-order valence-electron chi connectivity index (χ3n) is 7.58. The summed E-state index contributed by atoms with van der Waals surface area (Å²) >= 11 is 8.12. The monoisotopic (exact) mass is 722 g/mol. The Balaban J connectivity index is 1.19. The zero-order valence-corrected chi connectivity index (χ0v) is 26.8. The Morgan fingerprint density at radius 3 is 2.41 bits per heavy atom. The Morgan fingerprint density at radius 1 is 0.957 bits per heavy atom. The maximum Gasteiger partial charge on any atom is 0.386 e. The summed E-state index contributed by atoms with van der Waals surface area (Å²) in [6, 6.07) is 0. The number of alkyl halides is 1. The van der Waals surface area contributed by atoms with Gasteiger partial charge in [-0.15, -0.1) is 0 Å². The molecule has 11 atom stereocenters. The van der Waals surface area contributed by atoms with Crippen LogP contribution in [0.25, 0.3) is 22.3 Å². The summed E-state index contributed by atoms with van der Waals surface area (Å²) in [6.45, 7) is -8.10. The minimum absolute atomic E-state index is 0.0774. The average molecular weight is 723 g/mol. The molecule has 0 aliphatic carbocycles. The molecule has 3 aliphatic heterocycles. The van der Waals surface area contributed by atoms with Crippen molar-refractivity contribution >= 4 is 72.2 Å². The molecule has 3 saturated heterocycles. The minimum Gasteiger partial charge on any atom is -0.386 e. The number of halogens is 1. The van der Waals surface area contributed by atoms with Crippen molar-refractivity contribution in [2.45, 2.75) is 62.2 Å². The van der Waals surface area contributed by atoms with Gasteiger partial charge in [0.05, 0.1) is 25.4 Å². The number of anilines is 2. The lowest BCUT2D eigenvalue weighted by Gasteiger charge is -2.31. The number of H-pyrrole nitrogens is 1. The molecule has 0 aromatic carbocycles. The number of rotatable bonds is 2. The number of thiol groups is 2. The fourth-order valence-electron chi connectivity index (χ4n) is 5.57. The first-order valence-electron chi connectivity index (χ1n) is 13.4. The first-order chi connectivity index (χ1) is 21.7. The van der Waals surface area contributed by atoms with Gasteiger partial charge in [0.1, 0.15) is 42.4 Å². The highest BCUT2D eigenvalue weighted by molar-refractivity contribution is 8.44. The lowest BCUT2D eigenvalue weighted by molar-refractivity contribution is -0.0769. The van der Waals surface area contributed by atoms with Gasteiger partial charge in [0.15, 0.2) is 41.3 Å². The smallest absolute Gasteiger partial charge is 0.386 e. The Hall–Kier alpha value is -2.69. The van der Waals surface area contributed by atoms with Crippen molar-refractivity contribution in [3.05, 3.63) is 29.3 Å². The molecule has 25 heteroatoms. The van der Waals surface area contributed by atoms with Gasteiger partial charge < -0.3 is 26.0 Å². The molecule has 0 unspecified atom stereocenters. The van der Waals surface area contributed by atoms with Crippen LogP contribution in [0.1, 0.15) is 19.4 Å². The number of nitrogens with one attached hydrogen (secondary N) is 1. The molecule has 20 nitrogen and oxygen atoms in total. The lowest BCUT2D eigenvalue weighted by atomic mass is 10.1. The van der Waals surface area contributed by atoms with Crippen molar-refractivity contribution in [2.24, 2.45) is 0 Å². The maximum absolute atomic E-state index is 16.1. The molecule has 0 amide bonds. The number of nitrogens with two attached hydrogens (primary N) is 2. The minimum atomic E-state index is -4.45. The van der Waals surface area contributed by atoms with E-state index >= 15 is 4.39 Å². The zero-order chi connectivity index (χ0) is 32.7. The van der Waals surface area contributed by atoms with Crippen LogP contribution in [0.4, 0.5) is 16.2 Å². The number of imidazole rings is 2. The molecule has 4 aromatic rings. The van der Waals surface area contributed by atoms with E-state index in [1.807, 2.05) is 0 Å². The number of aliphatic hydroxyl groups is 1. The van der Waals surface area contributed by atoms with Crippen LogP contribution >= 0.6 is 38.1 Å². The van der Waals surface area contributed by atoms with E-state index < -0.39 is 81.0 Å². The molecule has 7 heterocycles. The molecule has 0 saturated carbocycles. The molecule has 4 aromatic heterocycles. The lowest BCUT2D eigenvalue weighted by Crippen LogP contribution is -2.41. The number of aromatic nitrogens is 8. The highest BCUT2D eigenvalue weighted by Crippen LogP contribution is 2.61. The van der Waals surface area contributed by atoms with Crippen molar-refractivity contribution in [3.63, 3.8) is 0 Å². The van der Waals surface area contributed by atoms with E-state index in [1.165, 1.54) is 24.1 Å². The largest absolute Gasteiger partial charge is 0.386 e. The summed E-state index contributed by atoms with van der Waals surface area (Å²) in [5.41, 5.74) is 11.0. The van der Waals surface area contributed by atoms with E-state index in [-0.39, 0.29) is 34.1 Å². The van der Waals surface area contributed by atoms with Crippen LogP contribution in [0.5, 0.6) is 0 Å². The summed E-state index contributed by atoms with van der Waals surface area (Å²) < 4.78 is 79.8. The molecule has 0 spiro atoms. The normalized spacial score (nSPS) is 38.8. The van der Waals surface area contributed by atoms with Gasteiger partial charge in [0.2, 0.25) is 5.95 Å². The second-order valence-corrected chi connectivity index (χ2v) is 16.2. The number of ether oxygens (including phenoxy) is 2. The molecule has 3 fully saturated rings. The van der Waals surface area contributed by atoms with E-state index in [1.54, 1.807) is 0 Å². The average Bonchev–Trinajstić information content (AvgIpc) is 3.73. The number of hydrogen-bond donors (Lipinski definition) is 6. The standard InChI is InChI=1S/C21H25FN10O10P2S2/c1-6-12-14(11(33)20(39-12)31-4-27-9-15(23)25-3-26-16(9)31)42-43(35,45)37-2-7-13(41-44(36,46)40-6)8(22)19(38-7)32-5-28-10-17(32)29-21(24)30-18(10)34/h3-8,11-14,19-20,33H,2H2,1H3,(H,35,45)(H,36,46)(H2,23,25,26)(H3,24,29,30,34)/t6-,7+,8+,11+,12+,13+,14-,19+,20+,43+,44+/m0/s1. The van der Waals surface area contributed by atoms with Gasteiger partial charge in [0.25, 0.3) is 5.56 Å². The predicted octanol–water partition coefficient (Wildman–Crippen LogP) is 0.899. The van der Waals surface area contributed by atoms with Crippen LogP contribution in [0.3, 0.4) is 0 Å². The molecule has 248 valence electrons. The summed E-state index contributed by atoms with van der Waals surface area (Å²) in [7, 11) is 0. The van der Waals surface area contributed by atoms with Crippen molar-refractivity contribution in [1.29, 1.82) is 0 Å². The first-order valence-corrected chi connectivity index (χ1v) is 18.8. The fourth-order valence-corrected chi connectivity index (χ4v) is 8.97. The van der Waals surface area contributed by atoms with E-state index in [2.05, 4.69) is 54.4 Å². The Morgan fingerprint density at radius 2 is 1.65 bits per heavy atom. The molecule has 0 radical (unpaired) electrons. The van der Waals surface area contributed by atoms with Gasteiger partial charge in [-0.1, -0.05) is 24.5 Å². The van der Waals surface area contributed by atoms with E-state index in [0.717, 1.165) is 10.9 Å². The third kappa shape index (κ3) is 5.52. The second kappa shape index (κ2) is 11.5. The van der Waals surface area contributed by atoms with Crippen LogP contribution in [0.15, 0.2) is 23.8 Å². The number of aromatic amines is 1. The molecular formula is C21H25FN10O10P2S2. The molecule has 0 bridgehead atoms. The van der Waals surface area contributed by atoms with Crippen LogP contribution < -0.4 is 17.0 Å². The summed E-state index contributed by atoms with van der Waals surface area (Å²) in [4.78, 5) is 34.7. The molecule has 7 rings (SSSR count). The maximum atomic E-state index is 16.1. The number of fused-ring (bicyclic) bond motifs is 4.